The second-order valence-corrected chi connectivity index (χ2v) is 7.90. The van der Waals surface area contributed by atoms with Crippen LogP contribution in [0.15, 0.2) is 24.3 Å². The number of aliphatic hydroxyl groups excluding tert-OH is 1. The third kappa shape index (κ3) is 3.87. The maximum absolute atomic E-state index is 10.8. The number of aryl methyl sites for hydroxylation is 1. The van der Waals surface area contributed by atoms with Gasteiger partial charge in [0.1, 0.15) is 0 Å². The number of benzene rings is 2. The van der Waals surface area contributed by atoms with Crippen LogP contribution in [-0.2, 0) is 12.8 Å². The fourth-order valence-corrected chi connectivity index (χ4v) is 4.41. The molecule has 2 aromatic carbocycles. The summed E-state index contributed by atoms with van der Waals surface area (Å²) in [6.45, 7) is 1.11. The van der Waals surface area contributed by atoms with Crippen molar-refractivity contribution in [3.8, 4) is 28.7 Å². The van der Waals surface area contributed by atoms with E-state index in [-0.39, 0.29) is 18.6 Å². The van der Waals surface area contributed by atoms with Gasteiger partial charge in [0.05, 0.1) is 20.3 Å². The van der Waals surface area contributed by atoms with Gasteiger partial charge in [0, 0.05) is 18.2 Å². The number of phenols is 1. The number of hydrogen-bond donors (Lipinski definition) is 2. The highest BCUT2D eigenvalue weighted by Crippen LogP contribution is 2.50. The van der Waals surface area contributed by atoms with Gasteiger partial charge in [-0.05, 0) is 62.1 Å². The molecule has 7 heteroatoms. The molecule has 0 saturated carbocycles. The molecule has 7 nitrogen and oxygen atoms in total. The van der Waals surface area contributed by atoms with Crippen LogP contribution in [-0.4, -0.2) is 55.8 Å². The standard InChI is InChI=1S/C23H29NO6/c1-24-9-8-15-11-20-22(30-13-29-20)23(28-3)21(15)17(24)12-16(25)6-4-14-5-7-18(26)19(10-14)27-2/h5,7,10-11,16-17,25-26H,4,6,8-9,12-13H2,1-3H3/t16-,17-/m1/s1. The number of aliphatic hydroxyl groups is 1. The van der Waals surface area contributed by atoms with Gasteiger partial charge in [-0.1, -0.05) is 6.07 Å². The minimum absolute atomic E-state index is 0.0301. The zero-order valence-corrected chi connectivity index (χ0v) is 17.7. The number of phenolic OH excluding ortho intramolecular Hbond substituents is 1. The predicted octanol–water partition coefficient (Wildman–Crippen LogP) is 3.05. The molecule has 0 aromatic heterocycles. The van der Waals surface area contributed by atoms with Gasteiger partial charge in [0.25, 0.3) is 0 Å². The molecule has 2 aliphatic rings. The lowest BCUT2D eigenvalue weighted by atomic mass is 9.87. The molecule has 0 amide bonds. The molecule has 0 unspecified atom stereocenters. The molecule has 2 aromatic rings. The van der Waals surface area contributed by atoms with E-state index in [0.29, 0.717) is 36.5 Å². The van der Waals surface area contributed by atoms with Crippen LogP contribution >= 0.6 is 0 Å². The molecule has 0 bridgehead atoms. The summed E-state index contributed by atoms with van der Waals surface area (Å²) in [7, 11) is 5.26. The Bertz CT molecular complexity index is 915. The second kappa shape index (κ2) is 8.62. The van der Waals surface area contributed by atoms with Crippen molar-refractivity contribution < 1.29 is 29.2 Å². The lowest BCUT2D eigenvalue weighted by molar-refractivity contribution is 0.101. The lowest BCUT2D eigenvalue weighted by Gasteiger charge is -2.37. The minimum atomic E-state index is -0.488. The summed E-state index contributed by atoms with van der Waals surface area (Å²) in [5.41, 5.74) is 3.29. The van der Waals surface area contributed by atoms with Gasteiger partial charge in [-0.15, -0.1) is 0 Å². The Morgan fingerprint density at radius 3 is 2.80 bits per heavy atom. The van der Waals surface area contributed by atoms with Crippen molar-refractivity contribution in [2.24, 2.45) is 0 Å². The van der Waals surface area contributed by atoms with E-state index in [1.54, 1.807) is 13.2 Å². The summed E-state index contributed by atoms with van der Waals surface area (Å²) in [6, 6.07) is 7.38. The third-order valence-electron chi connectivity index (χ3n) is 6.05. The summed E-state index contributed by atoms with van der Waals surface area (Å²) < 4.78 is 22.1. The van der Waals surface area contributed by atoms with Crippen molar-refractivity contribution in [1.82, 2.24) is 4.90 Å². The second-order valence-electron chi connectivity index (χ2n) is 7.90. The van der Waals surface area contributed by atoms with E-state index in [2.05, 4.69) is 18.0 Å². The van der Waals surface area contributed by atoms with Crippen LogP contribution in [0.25, 0.3) is 0 Å². The fraction of sp³-hybridized carbons (Fsp3) is 0.478. The van der Waals surface area contributed by atoms with Gasteiger partial charge in [0.2, 0.25) is 12.5 Å². The summed E-state index contributed by atoms with van der Waals surface area (Å²) in [5.74, 6) is 2.67. The van der Waals surface area contributed by atoms with Gasteiger partial charge >= 0.3 is 0 Å². The molecule has 0 radical (unpaired) electrons. The van der Waals surface area contributed by atoms with E-state index < -0.39 is 6.10 Å². The minimum Gasteiger partial charge on any atom is -0.504 e. The van der Waals surface area contributed by atoms with Gasteiger partial charge in [0.15, 0.2) is 23.0 Å². The Kier molecular flexibility index (Phi) is 5.92. The molecule has 4 rings (SSSR count). The van der Waals surface area contributed by atoms with Gasteiger partial charge in [-0.3, -0.25) is 4.90 Å². The van der Waals surface area contributed by atoms with Crippen LogP contribution < -0.4 is 18.9 Å². The van der Waals surface area contributed by atoms with E-state index in [1.807, 2.05) is 12.1 Å². The van der Waals surface area contributed by atoms with Crippen LogP contribution in [0.2, 0.25) is 0 Å². The number of nitrogens with zero attached hydrogens (tertiary/aromatic N) is 1. The Hall–Kier alpha value is -2.64. The largest absolute Gasteiger partial charge is 0.504 e. The van der Waals surface area contributed by atoms with Gasteiger partial charge in [-0.25, -0.2) is 0 Å². The van der Waals surface area contributed by atoms with Crippen LogP contribution in [0.3, 0.4) is 0 Å². The molecule has 0 aliphatic carbocycles. The number of rotatable bonds is 7. The number of methoxy groups -OCH3 is 2. The molecular formula is C23H29NO6. The zero-order valence-electron chi connectivity index (χ0n) is 17.7. The molecule has 0 fully saturated rings. The van der Waals surface area contributed by atoms with Gasteiger partial charge in [-0.2, -0.15) is 0 Å². The maximum atomic E-state index is 10.8. The lowest BCUT2D eigenvalue weighted by Crippen LogP contribution is -2.34. The van der Waals surface area contributed by atoms with Gasteiger partial charge < -0.3 is 29.2 Å². The first-order chi connectivity index (χ1) is 14.5. The molecule has 2 heterocycles. The monoisotopic (exact) mass is 415 g/mol. The van der Waals surface area contributed by atoms with E-state index in [9.17, 15) is 10.2 Å². The van der Waals surface area contributed by atoms with Crippen molar-refractivity contribution in [2.75, 3.05) is 34.6 Å². The van der Waals surface area contributed by atoms with Crippen molar-refractivity contribution in [3.05, 3.63) is 41.0 Å². The van der Waals surface area contributed by atoms with Crippen molar-refractivity contribution in [1.29, 1.82) is 0 Å². The summed E-state index contributed by atoms with van der Waals surface area (Å²) in [4.78, 5) is 2.26. The van der Waals surface area contributed by atoms with Crippen molar-refractivity contribution >= 4 is 0 Å². The number of ether oxygens (including phenoxy) is 4. The highest BCUT2D eigenvalue weighted by Gasteiger charge is 2.34. The highest BCUT2D eigenvalue weighted by atomic mass is 16.7. The summed E-state index contributed by atoms with van der Waals surface area (Å²) in [6.07, 6.45) is 2.31. The molecule has 0 spiro atoms. The van der Waals surface area contributed by atoms with E-state index in [1.165, 1.54) is 12.7 Å². The fourth-order valence-electron chi connectivity index (χ4n) is 4.41. The smallest absolute Gasteiger partial charge is 0.231 e. The first-order valence-corrected chi connectivity index (χ1v) is 10.2. The van der Waals surface area contributed by atoms with E-state index in [0.717, 1.165) is 29.8 Å². The van der Waals surface area contributed by atoms with Crippen LogP contribution in [0, 0.1) is 0 Å². The Labute approximate surface area is 176 Å². The molecule has 2 aliphatic heterocycles. The Balaban J connectivity index is 1.51. The van der Waals surface area contributed by atoms with Crippen LogP contribution in [0.1, 0.15) is 35.6 Å². The molecule has 2 N–H and O–H groups in total. The quantitative estimate of drug-likeness (QED) is 0.719. The predicted molar refractivity (Wildman–Crippen MR) is 112 cm³/mol. The molecule has 162 valence electrons. The molecule has 2 atom stereocenters. The zero-order chi connectivity index (χ0) is 21.3. The van der Waals surface area contributed by atoms with E-state index in [4.69, 9.17) is 18.9 Å². The third-order valence-corrected chi connectivity index (χ3v) is 6.05. The normalized spacial score (nSPS) is 18.7. The number of likely N-dealkylation sites (N-methyl/N-ethyl adjacent to an activating group) is 1. The first kappa shape index (κ1) is 20.6. The Morgan fingerprint density at radius 2 is 2.03 bits per heavy atom. The Morgan fingerprint density at radius 1 is 1.20 bits per heavy atom. The summed E-state index contributed by atoms with van der Waals surface area (Å²) >= 11 is 0. The molecule has 30 heavy (non-hydrogen) atoms. The first-order valence-electron chi connectivity index (χ1n) is 10.2. The molecular weight excluding hydrogens is 386 g/mol. The summed E-state index contributed by atoms with van der Waals surface area (Å²) in [5, 5.41) is 20.6. The average molecular weight is 415 g/mol. The SMILES string of the molecule is COc1cc(CC[C@@H](O)C[C@@H]2c3c(cc4c(c3OC)OCO4)CCN2C)ccc1O. The van der Waals surface area contributed by atoms with Crippen molar-refractivity contribution in [2.45, 2.75) is 37.8 Å². The number of fused-ring (bicyclic) bond motifs is 2. The average Bonchev–Trinajstić information content (AvgIpc) is 3.22. The van der Waals surface area contributed by atoms with Crippen molar-refractivity contribution in [3.63, 3.8) is 0 Å². The topological polar surface area (TPSA) is 80.6 Å². The number of aromatic hydroxyl groups is 1. The van der Waals surface area contributed by atoms with Crippen LogP contribution in [0.5, 0.6) is 28.7 Å². The number of hydrogen-bond acceptors (Lipinski definition) is 7. The molecule has 0 saturated heterocycles. The van der Waals surface area contributed by atoms with Crippen LogP contribution in [0.4, 0.5) is 0 Å². The maximum Gasteiger partial charge on any atom is 0.231 e. The highest BCUT2D eigenvalue weighted by molar-refractivity contribution is 5.61. The van der Waals surface area contributed by atoms with E-state index >= 15 is 0 Å².